The summed E-state index contributed by atoms with van der Waals surface area (Å²) in [7, 11) is 0. The van der Waals surface area contributed by atoms with Gasteiger partial charge in [-0.1, -0.05) is 46.2 Å². The SMILES string of the molecule is CCCCN1C(=O)c2ccc(NC(=O)N(Cc3ccc(C(=O)NCCC(=O)O)cc3)C3CCC(C(C)(C)C)CC3)cc2C1=O. The zero-order chi connectivity index (χ0) is 32.0. The maximum atomic E-state index is 13.8. The maximum absolute atomic E-state index is 13.8. The molecule has 3 N–H and O–H groups in total. The summed E-state index contributed by atoms with van der Waals surface area (Å²) in [4.78, 5) is 65.8. The molecule has 0 spiro atoms. The number of urea groups is 1. The first kappa shape index (κ1) is 32.7. The van der Waals surface area contributed by atoms with E-state index in [0.717, 1.165) is 44.1 Å². The molecule has 0 saturated heterocycles. The van der Waals surface area contributed by atoms with Crippen LogP contribution < -0.4 is 10.6 Å². The summed E-state index contributed by atoms with van der Waals surface area (Å²) in [6.45, 7) is 9.51. The Hall–Kier alpha value is -4.21. The molecule has 0 unspecified atom stereocenters. The van der Waals surface area contributed by atoms with Crippen LogP contribution in [0.25, 0.3) is 0 Å². The molecule has 2 aromatic rings. The predicted octanol–water partition coefficient (Wildman–Crippen LogP) is 5.93. The number of aliphatic carboxylic acids is 1. The van der Waals surface area contributed by atoms with Gasteiger partial charge < -0.3 is 20.6 Å². The van der Waals surface area contributed by atoms with E-state index >= 15 is 0 Å². The zero-order valence-electron chi connectivity index (χ0n) is 26.2. The Bertz CT molecular complexity index is 1390. The number of nitrogens with one attached hydrogen (secondary N) is 2. The first-order valence-electron chi connectivity index (χ1n) is 15.6. The van der Waals surface area contributed by atoms with Crippen molar-refractivity contribution in [1.82, 2.24) is 15.1 Å². The van der Waals surface area contributed by atoms with Crippen molar-refractivity contribution in [3.05, 3.63) is 64.7 Å². The fourth-order valence-electron chi connectivity index (χ4n) is 6.05. The minimum absolute atomic E-state index is 0.00904. The third kappa shape index (κ3) is 7.84. The van der Waals surface area contributed by atoms with Crippen molar-refractivity contribution in [2.24, 2.45) is 11.3 Å². The van der Waals surface area contributed by atoms with Gasteiger partial charge in [-0.05, 0) is 79.3 Å². The van der Waals surface area contributed by atoms with Crippen molar-refractivity contribution in [3.8, 4) is 0 Å². The molecule has 10 nitrogen and oxygen atoms in total. The van der Waals surface area contributed by atoms with Gasteiger partial charge in [-0.25, -0.2) is 4.79 Å². The molecule has 10 heteroatoms. The fraction of sp³-hybridized carbons (Fsp3) is 0.500. The minimum atomic E-state index is -0.982. The smallest absolute Gasteiger partial charge is 0.322 e. The molecule has 2 aliphatic rings. The van der Waals surface area contributed by atoms with Crippen molar-refractivity contribution in [1.29, 1.82) is 0 Å². The molecule has 1 heterocycles. The molecule has 1 saturated carbocycles. The largest absolute Gasteiger partial charge is 0.481 e. The number of rotatable bonds is 11. The number of benzene rings is 2. The second-order valence-corrected chi connectivity index (χ2v) is 12.9. The van der Waals surface area contributed by atoms with E-state index < -0.39 is 5.97 Å². The second kappa shape index (κ2) is 14.1. The van der Waals surface area contributed by atoms with Crippen molar-refractivity contribution in [3.63, 3.8) is 0 Å². The molecule has 5 amide bonds. The lowest BCUT2D eigenvalue weighted by atomic mass is 9.71. The standard InChI is InChI=1S/C34H44N4O6/c1-5-6-19-37-31(42)27-16-13-25(20-28(27)32(37)43)36-33(44)38(26-14-11-24(12-15-26)34(2,3)4)21-22-7-9-23(10-8-22)30(41)35-18-17-29(39)40/h7-10,13,16,20,24,26H,5-6,11-12,14-15,17-19,21H2,1-4H3,(H,35,41)(H,36,44)(H,39,40). The van der Waals surface area contributed by atoms with Gasteiger partial charge >= 0.3 is 12.0 Å². The van der Waals surface area contributed by atoms with Gasteiger partial charge in [0.2, 0.25) is 0 Å². The first-order chi connectivity index (χ1) is 20.9. The number of imide groups is 1. The number of nitrogens with zero attached hydrogens (tertiary/aromatic N) is 2. The molecule has 44 heavy (non-hydrogen) atoms. The average Bonchev–Trinajstić information content (AvgIpc) is 3.22. The van der Waals surface area contributed by atoms with E-state index in [2.05, 4.69) is 31.4 Å². The van der Waals surface area contributed by atoms with Crippen LogP contribution in [0.15, 0.2) is 42.5 Å². The van der Waals surface area contributed by atoms with Gasteiger partial charge in [-0.2, -0.15) is 0 Å². The van der Waals surface area contributed by atoms with E-state index in [0.29, 0.717) is 41.4 Å². The van der Waals surface area contributed by atoms with E-state index in [1.165, 1.54) is 4.90 Å². The topological polar surface area (TPSA) is 136 Å². The molecule has 4 rings (SSSR count). The Labute approximate surface area is 259 Å². The van der Waals surface area contributed by atoms with E-state index in [-0.39, 0.29) is 48.2 Å². The van der Waals surface area contributed by atoms with Gasteiger partial charge in [0.1, 0.15) is 0 Å². The van der Waals surface area contributed by atoms with Gasteiger partial charge in [-0.3, -0.25) is 24.1 Å². The lowest BCUT2D eigenvalue weighted by Crippen LogP contribution is -2.45. The van der Waals surface area contributed by atoms with Gasteiger partial charge in [-0.15, -0.1) is 0 Å². The highest BCUT2D eigenvalue weighted by molar-refractivity contribution is 6.21. The molecule has 1 aliphatic carbocycles. The number of hydrogen-bond donors (Lipinski definition) is 3. The maximum Gasteiger partial charge on any atom is 0.322 e. The van der Waals surface area contributed by atoms with Crippen LogP contribution in [0.4, 0.5) is 10.5 Å². The highest BCUT2D eigenvalue weighted by atomic mass is 16.4. The van der Waals surface area contributed by atoms with E-state index in [1.54, 1.807) is 42.5 Å². The molecular formula is C34H44N4O6. The highest BCUT2D eigenvalue weighted by Gasteiger charge is 2.36. The van der Waals surface area contributed by atoms with Crippen molar-refractivity contribution in [2.75, 3.05) is 18.4 Å². The number of anilines is 1. The van der Waals surface area contributed by atoms with Gasteiger partial charge in [0, 0.05) is 36.9 Å². The summed E-state index contributed by atoms with van der Waals surface area (Å²) in [5.74, 6) is -1.40. The van der Waals surface area contributed by atoms with Crippen molar-refractivity contribution in [2.45, 2.75) is 85.2 Å². The van der Waals surface area contributed by atoms with Crippen LogP contribution >= 0.6 is 0 Å². The molecule has 2 aromatic carbocycles. The lowest BCUT2D eigenvalue weighted by Gasteiger charge is -2.41. The number of fused-ring (bicyclic) bond motifs is 1. The van der Waals surface area contributed by atoms with Crippen LogP contribution in [-0.2, 0) is 11.3 Å². The van der Waals surface area contributed by atoms with Crippen molar-refractivity contribution < 1.29 is 29.1 Å². The van der Waals surface area contributed by atoms with Crippen LogP contribution in [0.1, 0.15) is 109 Å². The van der Waals surface area contributed by atoms with Gasteiger partial charge in [0.25, 0.3) is 17.7 Å². The Morgan fingerprint density at radius 2 is 1.61 bits per heavy atom. The number of carbonyl (C=O) groups excluding carboxylic acids is 4. The lowest BCUT2D eigenvalue weighted by molar-refractivity contribution is -0.136. The Morgan fingerprint density at radius 1 is 0.955 bits per heavy atom. The third-order valence-electron chi connectivity index (χ3n) is 8.77. The summed E-state index contributed by atoms with van der Waals surface area (Å²) >= 11 is 0. The van der Waals surface area contributed by atoms with Crippen LogP contribution in [-0.4, -0.2) is 63.8 Å². The number of carbonyl (C=O) groups is 5. The van der Waals surface area contributed by atoms with Crippen molar-refractivity contribution >= 4 is 35.4 Å². The van der Waals surface area contributed by atoms with Crippen LogP contribution in [0, 0.1) is 11.3 Å². The quantitative estimate of drug-likeness (QED) is 0.272. The Balaban J connectivity index is 1.50. The van der Waals surface area contributed by atoms with Crippen LogP contribution in [0.5, 0.6) is 0 Å². The second-order valence-electron chi connectivity index (χ2n) is 12.9. The number of hydrogen-bond acceptors (Lipinski definition) is 5. The first-order valence-corrected chi connectivity index (χ1v) is 15.6. The van der Waals surface area contributed by atoms with Crippen LogP contribution in [0.2, 0.25) is 0 Å². The normalized spacial score (nSPS) is 18.1. The molecule has 0 aromatic heterocycles. The molecule has 1 fully saturated rings. The molecule has 0 atom stereocenters. The summed E-state index contributed by atoms with van der Waals surface area (Å²) in [6, 6.07) is 11.5. The number of carboxylic acid groups (broad SMARTS) is 1. The molecule has 0 bridgehead atoms. The number of carboxylic acids is 1. The van der Waals surface area contributed by atoms with E-state index in [1.807, 2.05) is 11.8 Å². The highest BCUT2D eigenvalue weighted by Crippen LogP contribution is 2.39. The van der Waals surface area contributed by atoms with Crippen LogP contribution in [0.3, 0.4) is 0 Å². The van der Waals surface area contributed by atoms with E-state index in [4.69, 9.17) is 5.11 Å². The summed E-state index contributed by atoms with van der Waals surface area (Å²) in [5.41, 5.74) is 2.56. The average molecular weight is 605 g/mol. The molecular weight excluding hydrogens is 560 g/mol. The predicted molar refractivity (Wildman–Crippen MR) is 168 cm³/mol. The monoisotopic (exact) mass is 604 g/mol. The third-order valence-corrected chi connectivity index (χ3v) is 8.77. The Kier molecular flexibility index (Phi) is 10.4. The summed E-state index contributed by atoms with van der Waals surface area (Å²) in [5, 5.41) is 14.4. The zero-order valence-corrected chi connectivity index (χ0v) is 26.2. The summed E-state index contributed by atoms with van der Waals surface area (Å²) < 4.78 is 0. The summed E-state index contributed by atoms with van der Waals surface area (Å²) in [6.07, 6.45) is 5.19. The van der Waals surface area contributed by atoms with Gasteiger partial charge in [0.05, 0.1) is 17.5 Å². The molecule has 1 aliphatic heterocycles. The number of unbranched alkanes of at least 4 members (excludes halogenated alkanes) is 1. The Morgan fingerprint density at radius 3 is 2.23 bits per heavy atom. The van der Waals surface area contributed by atoms with E-state index in [9.17, 15) is 24.0 Å². The number of amides is 5. The van der Waals surface area contributed by atoms with Gasteiger partial charge in [0.15, 0.2) is 0 Å². The minimum Gasteiger partial charge on any atom is -0.481 e. The fourth-order valence-corrected chi connectivity index (χ4v) is 6.05. The molecule has 236 valence electrons. The molecule has 0 radical (unpaired) electrons.